The van der Waals surface area contributed by atoms with Gasteiger partial charge in [-0.15, -0.1) is 0 Å². The zero-order valence-corrected chi connectivity index (χ0v) is 25.2. The van der Waals surface area contributed by atoms with Gasteiger partial charge in [0.05, 0.1) is 0 Å². The Hall–Kier alpha value is -2.11. The first kappa shape index (κ1) is 36.9. The van der Waals surface area contributed by atoms with Crippen molar-refractivity contribution in [2.75, 3.05) is 6.54 Å². The Morgan fingerprint density at radius 3 is 1.85 bits per heavy atom. The van der Waals surface area contributed by atoms with Crippen LogP contribution in [-0.2, 0) is 19.1 Å². The number of carboxylic acids is 1. The van der Waals surface area contributed by atoms with E-state index in [4.69, 9.17) is 9.84 Å². The summed E-state index contributed by atoms with van der Waals surface area (Å²) in [6, 6.07) is 0. The highest BCUT2D eigenvalue weighted by atomic mass is 16.5. The molecule has 0 aromatic carbocycles. The normalized spacial score (nSPS) is 12.3. The average Bonchev–Trinajstić information content (AvgIpc) is 2.91. The molecule has 0 aliphatic rings. The molecule has 0 rings (SSSR count). The van der Waals surface area contributed by atoms with Crippen LogP contribution in [0.25, 0.3) is 0 Å². The van der Waals surface area contributed by atoms with Gasteiger partial charge in [0.2, 0.25) is 5.91 Å². The summed E-state index contributed by atoms with van der Waals surface area (Å²) in [4.78, 5) is 34.6. The van der Waals surface area contributed by atoms with E-state index < -0.39 is 5.97 Å². The molecular formula is C33H59NO5. The lowest BCUT2D eigenvalue weighted by Crippen LogP contribution is -2.28. The summed E-state index contributed by atoms with van der Waals surface area (Å²) in [6.07, 6.45) is 31.6. The highest BCUT2D eigenvalue weighted by molar-refractivity contribution is 5.80. The van der Waals surface area contributed by atoms with Crippen LogP contribution in [0.4, 0.5) is 0 Å². The summed E-state index contributed by atoms with van der Waals surface area (Å²) >= 11 is 0. The number of carbonyl (C=O) groups is 3. The molecule has 6 heteroatoms. The maximum absolute atomic E-state index is 12.5. The second kappa shape index (κ2) is 28.9. The Balaban J connectivity index is 4.14. The van der Waals surface area contributed by atoms with E-state index in [-0.39, 0.29) is 24.5 Å². The van der Waals surface area contributed by atoms with Gasteiger partial charge in [0.15, 0.2) is 0 Å². The van der Waals surface area contributed by atoms with E-state index in [0.29, 0.717) is 12.8 Å². The predicted molar refractivity (Wildman–Crippen MR) is 162 cm³/mol. The van der Waals surface area contributed by atoms with Crippen LogP contribution in [-0.4, -0.2) is 35.6 Å². The molecule has 1 amide bonds. The summed E-state index contributed by atoms with van der Waals surface area (Å²) < 4.78 is 5.82. The summed E-state index contributed by atoms with van der Waals surface area (Å²) in [7, 11) is 0. The molecule has 226 valence electrons. The third kappa shape index (κ3) is 28.7. The van der Waals surface area contributed by atoms with Crippen LogP contribution in [0, 0.1) is 0 Å². The third-order valence-corrected chi connectivity index (χ3v) is 6.83. The minimum atomic E-state index is -1.03. The Bertz CT molecular complexity index is 658. The van der Waals surface area contributed by atoms with Crippen molar-refractivity contribution in [2.24, 2.45) is 0 Å². The van der Waals surface area contributed by atoms with E-state index in [1.807, 2.05) is 0 Å². The second-order valence-corrected chi connectivity index (χ2v) is 10.7. The Morgan fingerprint density at radius 1 is 0.667 bits per heavy atom. The number of hydrogen-bond donors (Lipinski definition) is 2. The molecule has 0 heterocycles. The van der Waals surface area contributed by atoms with Gasteiger partial charge in [-0.3, -0.25) is 14.4 Å². The number of ether oxygens (including phenoxy) is 1. The van der Waals surface area contributed by atoms with Crippen molar-refractivity contribution < 1.29 is 24.2 Å². The Morgan fingerprint density at radius 2 is 1.18 bits per heavy atom. The number of unbranched alkanes of at least 4 members (excludes halogenated alkanes) is 15. The minimum Gasteiger partial charge on any atom is -0.480 e. The van der Waals surface area contributed by atoms with Crippen LogP contribution in [0.3, 0.4) is 0 Å². The zero-order chi connectivity index (χ0) is 28.8. The molecule has 6 nitrogen and oxygen atoms in total. The molecule has 1 atom stereocenters. The number of amides is 1. The molecule has 39 heavy (non-hydrogen) atoms. The van der Waals surface area contributed by atoms with Crippen LogP contribution in [0.5, 0.6) is 0 Å². The largest absolute Gasteiger partial charge is 0.480 e. The molecule has 1 unspecified atom stereocenters. The van der Waals surface area contributed by atoms with E-state index >= 15 is 0 Å². The molecule has 0 radical (unpaired) electrons. The van der Waals surface area contributed by atoms with Crippen LogP contribution < -0.4 is 5.32 Å². The lowest BCUT2D eigenvalue weighted by molar-refractivity contribution is -0.147. The quantitative estimate of drug-likeness (QED) is 0.0578. The van der Waals surface area contributed by atoms with Gasteiger partial charge in [-0.25, -0.2) is 0 Å². The number of carbonyl (C=O) groups excluding carboxylic acids is 2. The van der Waals surface area contributed by atoms with Crippen molar-refractivity contribution in [1.82, 2.24) is 5.32 Å². The van der Waals surface area contributed by atoms with Gasteiger partial charge < -0.3 is 15.2 Å². The number of esters is 1. The fraction of sp³-hybridized carbons (Fsp3) is 0.788. The van der Waals surface area contributed by atoms with E-state index in [9.17, 15) is 14.4 Å². The molecule has 2 N–H and O–H groups in total. The molecule has 0 aromatic rings. The predicted octanol–water partition coefficient (Wildman–Crippen LogP) is 8.83. The summed E-state index contributed by atoms with van der Waals surface area (Å²) in [5.41, 5.74) is 0. The maximum atomic E-state index is 12.5. The van der Waals surface area contributed by atoms with Crippen LogP contribution >= 0.6 is 0 Å². The maximum Gasteiger partial charge on any atom is 0.322 e. The number of allylic oxidation sites excluding steroid dienone is 3. The molecular weight excluding hydrogens is 490 g/mol. The van der Waals surface area contributed by atoms with Gasteiger partial charge in [-0.05, 0) is 70.3 Å². The van der Waals surface area contributed by atoms with Gasteiger partial charge in [0.1, 0.15) is 12.6 Å². The molecule has 0 spiro atoms. The zero-order valence-electron chi connectivity index (χ0n) is 25.2. The first-order chi connectivity index (χ1) is 19.0. The molecule has 0 aliphatic heterocycles. The van der Waals surface area contributed by atoms with Gasteiger partial charge >= 0.3 is 11.9 Å². The molecule has 0 bridgehead atoms. The van der Waals surface area contributed by atoms with Crippen LogP contribution in [0.1, 0.15) is 155 Å². The number of carboxylic acid groups (broad SMARTS) is 1. The lowest BCUT2D eigenvalue weighted by Gasteiger charge is -2.15. The monoisotopic (exact) mass is 549 g/mol. The summed E-state index contributed by atoms with van der Waals surface area (Å²) in [5.74, 6) is -1.34. The second-order valence-electron chi connectivity index (χ2n) is 10.7. The Labute approximate surface area is 239 Å². The van der Waals surface area contributed by atoms with Gasteiger partial charge in [0.25, 0.3) is 0 Å². The molecule has 0 aromatic heterocycles. The van der Waals surface area contributed by atoms with Crippen molar-refractivity contribution in [2.45, 2.75) is 161 Å². The molecule has 0 saturated heterocycles. The highest BCUT2D eigenvalue weighted by Gasteiger charge is 2.12. The third-order valence-electron chi connectivity index (χ3n) is 6.83. The molecule has 0 saturated carbocycles. The van der Waals surface area contributed by atoms with Gasteiger partial charge in [0, 0.05) is 12.8 Å². The number of rotatable bonds is 28. The number of aliphatic carboxylic acids is 1. The van der Waals surface area contributed by atoms with Crippen molar-refractivity contribution in [3.63, 3.8) is 0 Å². The molecule has 0 fully saturated rings. The minimum absolute atomic E-state index is 0.0965. The van der Waals surface area contributed by atoms with Crippen molar-refractivity contribution in [3.05, 3.63) is 24.3 Å². The smallest absolute Gasteiger partial charge is 0.322 e. The fourth-order valence-corrected chi connectivity index (χ4v) is 4.42. The van der Waals surface area contributed by atoms with Gasteiger partial charge in [-0.2, -0.15) is 0 Å². The van der Waals surface area contributed by atoms with Crippen molar-refractivity contribution in [1.29, 1.82) is 0 Å². The summed E-state index contributed by atoms with van der Waals surface area (Å²) in [6.45, 7) is 4.12. The summed E-state index contributed by atoms with van der Waals surface area (Å²) in [5, 5.41) is 11.0. The van der Waals surface area contributed by atoms with E-state index in [1.54, 1.807) is 0 Å². The van der Waals surface area contributed by atoms with Crippen molar-refractivity contribution >= 4 is 17.8 Å². The average molecular weight is 550 g/mol. The standard InChI is InChI=1S/C33H59NO5/c1-3-5-7-9-11-12-13-14-15-16-18-24-28-33(38)39-30(25-21-17-10-8-6-4-2)26-22-19-20-23-27-31(35)34-29-32(36)37/h11-12,21,25,30H,3-10,13-20,22-24,26-29H2,1-2H3,(H,34,35)(H,36,37)/b12-11-,25-21-. The SMILES string of the molecule is CCCCC/C=C\CCCCCCCC(=O)OC(/C=C\CCCCCC)CCCCCCC(=O)NCC(=O)O. The topological polar surface area (TPSA) is 92.7 Å². The Kier molecular flexibility index (Phi) is 27.3. The first-order valence-electron chi connectivity index (χ1n) is 16.0. The van der Waals surface area contributed by atoms with Crippen LogP contribution in [0.2, 0.25) is 0 Å². The number of hydrogen-bond acceptors (Lipinski definition) is 4. The first-order valence-corrected chi connectivity index (χ1v) is 16.0. The van der Waals surface area contributed by atoms with E-state index in [2.05, 4.69) is 43.5 Å². The highest BCUT2D eigenvalue weighted by Crippen LogP contribution is 2.15. The molecule has 0 aliphatic carbocycles. The fourth-order valence-electron chi connectivity index (χ4n) is 4.42. The lowest BCUT2D eigenvalue weighted by atomic mass is 10.1. The van der Waals surface area contributed by atoms with Gasteiger partial charge in [-0.1, -0.05) is 96.3 Å². The van der Waals surface area contributed by atoms with E-state index in [1.165, 1.54) is 77.0 Å². The van der Waals surface area contributed by atoms with E-state index in [0.717, 1.165) is 51.4 Å². The van der Waals surface area contributed by atoms with Crippen LogP contribution in [0.15, 0.2) is 24.3 Å². The van der Waals surface area contributed by atoms with Crippen molar-refractivity contribution in [3.8, 4) is 0 Å². The number of nitrogens with one attached hydrogen (secondary N) is 1.